The van der Waals surface area contributed by atoms with Crippen LogP contribution < -0.4 is 10.7 Å². The van der Waals surface area contributed by atoms with Gasteiger partial charge in [0.2, 0.25) is 0 Å². The van der Waals surface area contributed by atoms with Crippen LogP contribution >= 0.6 is 12.2 Å². The fraction of sp³-hybridized carbons (Fsp3) is 0.176. The van der Waals surface area contributed by atoms with Crippen molar-refractivity contribution in [2.75, 3.05) is 5.32 Å². The number of anilines is 1. The highest BCUT2D eigenvalue weighted by atomic mass is 32.1. The summed E-state index contributed by atoms with van der Waals surface area (Å²) >= 11 is 5.20. The van der Waals surface area contributed by atoms with Gasteiger partial charge in [-0.05, 0) is 43.1 Å². The number of thiocarbonyl (C=S) groups is 1. The van der Waals surface area contributed by atoms with E-state index in [2.05, 4.69) is 21.9 Å². The van der Waals surface area contributed by atoms with Crippen LogP contribution in [0.2, 0.25) is 0 Å². The summed E-state index contributed by atoms with van der Waals surface area (Å²) in [4.78, 5) is 10.6. The maximum Gasteiger partial charge on any atom is 0.292 e. The van der Waals surface area contributed by atoms with E-state index in [-0.39, 0.29) is 10.8 Å². The SMILES string of the molecule is O=[N+]([O-])c1ccccc1NC(=S)NN=C1CCCc2ccccc21. The number of hydrogen-bond acceptors (Lipinski definition) is 4. The molecule has 0 spiro atoms. The molecule has 1 aliphatic rings. The molecule has 0 unspecified atom stereocenters. The molecule has 0 saturated carbocycles. The molecule has 122 valence electrons. The van der Waals surface area contributed by atoms with Gasteiger partial charge in [0, 0.05) is 11.6 Å². The molecular formula is C17H16N4O2S. The number of hydrazone groups is 1. The van der Waals surface area contributed by atoms with Gasteiger partial charge in [0.1, 0.15) is 5.69 Å². The molecule has 0 heterocycles. The van der Waals surface area contributed by atoms with Crippen LogP contribution in [0.25, 0.3) is 0 Å². The Morgan fingerprint density at radius 3 is 2.71 bits per heavy atom. The molecule has 1 aliphatic carbocycles. The van der Waals surface area contributed by atoms with Crippen LogP contribution in [-0.2, 0) is 6.42 Å². The fourth-order valence-corrected chi connectivity index (χ4v) is 2.88. The third kappa shape index (κ3) is 3.57. The van der Waals surface area contributed by atoms with Gasteiger partial charge < -0.3 is 5.32 Å². The van der Waals surface area contributed by atoms with Crippen molar-refractivity contribution in [3.63, 3.8) is 0 Å². The van der Waals surface area contributed by atoms with Crippen LogP contribution in [0.5, 0.6) is 0 Å². The van der Waals surface area contributed by atoms with Crippen molar-refractivity contribution in [1.29, 1.82) is 0 Å². The summed E-state index contributed by atoms with van der Waals surface area (Å²) in [5.41, 5.74) is 6.46. The maximum atomic E-state index is 11.0. The highest BCUT2D eigenvalue weighted by Gasteiger charge is 2.16. The third-order valence-electron chi connectivity index (χ3n) is 3.83. The first-order valence-corrected chi connectivity index (χ1v) is 8.01. The first-order valence-electron chi connectivity index (χ1n) is 7.60. The number of nitro groups is 1. The standard InChI is InChI=1S/C17H16N4O2S/c22-21(23)16-11-4-3-9-15(16)18-17(24)20-19-14-10-5-7-12-6-1-2-8-13(12)14/h1-4,6,8-9,11H,5,7,10H2,(H2,18,20,24). The summed E-state index contributed by atoms with van der Waals surface area (Å²) in [6, 6.07) is 14.5. The Bertz CT molecular complexity index is 820. The van der Waals surface area contributed by atoms with E-state index in [4.69, 9.17) is 12.2 Å². The molecule has 0 atom stereocenters. The molecule has 2 N–H and O–H groups in total. The number of benzene rings is 2. The zero-order valence-electron chi connectivity index (χ0n) is 12.9. The first kappa shape index (κ1) is 16.1. The predicted molar refractivity (Wildman–Crippen MR) is 98.4 cm³/mol. The second-order valence-electron chi connectivity index (χ2n) is 5.41. The van der Waals surface area contributed by atoms with E-state index in [0.717, 1.165) is 30.5 Å². The van der Waals surface area contributed by atoms with E-state index in [1.165, 1.54) is 11.6 Å². The van der Waals surface area contributed by atoms with Gasteiger partial charge in [-0.1, -0.05) is 36.4 Å². The van der Waals surface area contributed by atoms with Crippen molar-refractivity contribution in [1.82, 2.24) is 5.43 Å². The Kier molecular flexibility index (Phi) is 4.81. The molecule has 2 aromatic rings. The van der Waals surface area contributed by atoms with Crippen molar-refractivity contribution in [2.24, 2.45) is 5.10 Å². The zero-order valence-corrected chi connectivity index (χ0v) is 13.7. The van der Waals surface area contributed by atoms with Crippen molar-refractivity contribution < 1.29 is 4.92 Å². The highest BCUT2D eigenvalue weighted by Crippen LogP contribution is 2.23. The molecule has 0 bridgehead atoms. The molecule has 0 radical (unpaired) electrons. The second kappa shape index (κ2) is 7.18. The minimum atomic E-state index is -0.450. The lowest BCUT2D eigenvalue weighted by atomic mass is 9.90. The topological polar surface area (TPSA) is 79.6 Å². The number of hydrogen-bond donors (Lipinski definition) is 2. The summed E-state index contributed by atoms with van der Waals surface area (Å²) in [6.45, 7) is 0. The minimum absolute atomic E-state index is 0.0303. The van der Waals surface area contributed by atoms with Crippen LogP contribution in [0, 0.1) is 10.1 Å². The van der Waals surface area contributed by atoms with Crippen molar-refractivity contribution >= 4 is 34.4 Å². The fourth-order valence-electron chi connectivity index (χ4n) is 2.72. The van der Waals surface area contributed by atoms with Crippen LogP contribution in [0.15, 0.2) is 53.6 Å². The van der Waals surface area contributed by atoms with E-state index in [1.54, 1.807) is 18.2 Å². The Balaban J connectivity index is 1.72. The molecule has 6 nitrogen and oxygen atoms in total. The van der Waals surface area contributed by atoms with Crippen LogP contribution in [0.1, 0.15) is 24.0 Å². The molecule has 0 amide bonds. The summed E-state index contributed by atoms with van der Waals surface area (Å²) in [7, 11) is 0. The lowest BCUT2D eigenvalue weighted by molar-refractivity contribution is -0.383. The Labute approximate surface area is 144 Å². The van der Waals surface area contributed by atoms with Crippen LogP contribution in [0.4, 0.5) is 11.4 Å². The third-order valence-corrected chi connectivity index (χ3v) is 4.02. The quantitative estimate of drug-likeness (QED) is 0.507. The van der Waals surface area contributed by atoms with E-state index < -0.39 is 4.92 Å². The van der Waals surface area contributed by atoms with Gasteiger partial charge in [-0.3, -0.25) is 15.5 Å². The summed E-state index contributed by atoms with van der Waals surface area (Å²) in [6.07, 6.45) is 2.97. The number of aryl methyl sites for hydroxylation is 1. The molecule has 7 heteroatoms. The normalized spacial score (nSPS) is 14.8. The molecule has 0 aromatic heterocycles. The smallest absolute Gasteiger partial charge is 0.292 e. The summed E-state index contributed by atoms with van der Waals surface area (Å²) < 4.78 is 0. The molecular weight excluding hydrogens is 324 g/mol. The average Bonchev–Trinajstić information content (AvgIpc) is 2.60. The molecule has 2 aromatic carbocycles. The average molecular weight is 340 g/mol. The lowest BCUT2D eigenvalue weighted by Crippen LogP contribution is -2.26. The largest absolute Gasteiger partial charge is 0.326 e. The molecule has 0 aliphatic heterocycles. The van der Waals surface area contributed by atoms with Crippen molar-refractivity contribution in [2.45, 2.75) is 19.3 Å². The second-order valence-corrected chi connectivity index (χ2v) is 5.82. The van der Waals surface area contributed by atoms with Crippen LogP contribution in [-0.4, -0.2) is 15.7 Å². The molecule has 0 saturated heterocycles. The number of nitro benzene ring substituents is 1. The first-order chi connectivity index (χ1) is 11.6. The minimum Gasteiger partial charge on any atom is -0.326 e. The van der Waals surface area contributed by atoms with Gasteiger partial charge in [-0.2, -0.15) is 5.10 Å². The highest BCUT2D eigenvalue weighted by molar-refractivity contribution is 7.80. The van der Waals surface area contributed by atoms with E-state index in [0.29, 0.717) is 5.69 Å². The van der Waals surface area contributed by atoms with Gasteiger partial charge in [0.05, 0.1) is 10.6 Å². The zero-order chi connectivity index (χ0) is 16.9. The summed E-state index contributed by atoms with van der Waals surface area (Å²) in [5, 5.41) is 18.5. The Morgan fingerprint density at radius 2 is 1.88 bits per heavy atom. The number of nitrogens with zero attached hydrogens (tertiary/aromatic N) is 2. The van der Waals surface area contributed by atoms with Gasteiger partial charge >= 0.3 is 0 Å². The molecule has 24 heavy (non-hydrogen) atoms. The van der Waals surface area contributed by atoms with Gasteiger partial charge in [-0.15, -0.1) is 0 Å². The lowest BCUT2D eigenvalue weighted by Gasteiger charge is -2.17. The number of fused-ring (bicyclic) bond motifs is 1. The monoisotopic (exact) mass is 340 g/mol. The van der Waals surface area contributed by atoms with E-state index in [1.807, 2.05) is 18.2 Å². The molecule has 0 fully saturated rings. The van der Waals surface area contributed by atoms with Crippen molar-refractivity contribution in [3.8, 4) is 0 Å². The Morgan fingerprint density at radius 1 is 1.12 bits per heavy atom. The van der Waals surface area contributed by atoms with Gasteiger partial charge in [0.15, 0.2) is 5.11 Å². The summed E-state index contributed by atoms with van der Waals surface area (Å²) in [5.74, 6) is 0. The Hall–Kier alpha value is -2.80. The van der Waals surface area contributed by atoms with Crippen molar-refractivity contribution in [3.05, 3.63) is 69.8 Å². The molecule has 3 rings (SSSR count). The van der Waals surface area contributed by atoms with E-state index in [9.17, 15) is 10.1 Å². The predicted octanol–water partition coefficient (Wildman–Crippen LogP) is 3.62. The number of para-hydroxylation sites is 2. The number of rotatable bonds is 3. The van der Waals surface area contributed by atoms with Gasteiger partial charge in [-0.25, -0.2) is 0 Å². The van der Waals surface area contributed by atoms with E-state index >= 15 is 0 Å². The number of nitrogens with one attached hydrogen (secondary N) is 2. The van der Waals surface area contributed by atoms with Crippen LogP contribution in [0.3, 0.4) is 0 Å². The maximum absolute atomic E-state index is 11.0. The van der Waals surface area contributed by atoms with Gasteiger partial charge in [0.25, 0.3) is 5.69 Å².